The molecule has 0 bridgehead atoms. The molecular formula is C48H102NiP2. The van der Waals surface area contributed by atoms with Crippen molar-refractivity contribution in [1.29, 1.82) is 0 Å². The molecular weight excluding hydrogens is 697 g/mol. The van der Waals surface area contributed by atoms with Crippen LogP contribution in [0.3, 0.4) is 0 Å². The van der Waals surface area contributed by atoms with Crippen LogP contribution in [0, 0.1) is 35.5 Å². The molecule has 0 aliphatic heterocycles. The van der Waals surface area contributed by atoms with Crippen molar-refractivity contribution in [3.63, 3.8) is 0 Å². The van der Waals surface area contributed by atoms with Gasteiger partial charge in [-0.15, -0.1) is 15.8 Å². The molecule has 0 aliphatic rings. The van der Waals surface area contributed by atoms with Gasteiger partial charge in [0.25, 0.3) is 0 Å². The summed E-state index contributed by atoms with van der Waals surface area (Å²) in [6, 6.07) is 0. The van der Waals surface area contributed by atoms with E-state index in [4.69, 9.17) is 0 Å². The number of rotatable bonds is 36. The molecule has 0 N–H and O–H groups in total. The summed E-state index contributed by atoms with van der Waals surface area (Å²) in [6.45, 7) is 28.8. The molecule has 314 valence electrons. The van der Waals surface area contributed by atoms with Crippen molar-refractivity contribution in [2.75, 3.05) is 37.0 Å². The molecule has 0 heterocycles. The molecule has 6 unspecified atom stereocenters. The van der Waals surface area contributed by atoms with Gasteiger partial charge in [0.2, 0.25) is 0 Å². The van der Waals surface area contributed by atoms with Crippen molar-refractivity contribution in [3.8, 4) is 0 Å². The summed E-state index contributed by atoms with van der Waals surface area (Å²) in [4.78, 5) is 0. The van der Waals surface area contributed by atoms with Crippen molar-refractivity contribution in [1.82, 2.24) is 0 Å². The minimum Gasteiger partial charge on any atom is -0.106 e. The predicted octanol–water partition coefficient (Wildman–Crippen LogP) is 18.2. The minimum absolute atomic E-state index is 0. The van der Waals surface area contributed by atoms with Crippen LogP contribution in [0.1, 0.15) is 237 Å². The van der Waals surface area contributed by atoms with Gasteiger partial charge in [0, 0.05) is 16.5 Å². The van der Waals surface area contributed by atoms with Crippen LogP contribution in [-0.2, 0) is 16.5 Å². The predicted molar refractivity (Wildman–Crippen MR) is 243 cm³/mol. The van der Waals surface area contributed by atoms with E-state index in [0.29, 0.717) is 0 Å². The van der Waals surface area contributed by atoms with Crippen molar-refractivity contribution in [2.24, 2.45) is 35.5 Å². The van der Waals surface area contributed by atoms with Crippen molar-refractivity contribution in [3.05, 3.63) is 0 Å². The van der Waals surface area contributed by atoms with E-state index >= 15 is 0 Å². The summed E-state index contributed by atoms with van der Waals surface area (Å²) in [5.41, 5.74) is 0. The van der Waals surface area contributed by atoms with Gasteiger partial charge in [0.1, 0.15) is 0 Å². The van der Waals surface area contributed by atoms with Crippen molar-refractivity contribution in [2.45, 2.75) is 237 Å². The first-order valence-corrected chi connectivity index (χ1v) is 27.5. The molecule has 0 saturated carbocycles. The largest absolute Gasteiger partial charge is 0.106 e. The van der Waals surface area contributed by atoms with Gasteiger partial charge in [0.15, 0.2) is 0 Å². The van der Waals surface area contributed by atoms with Gasteiger partial charge in [-0.05, 0) is 72.5 Å². The van der Waals surface area contributed by atoms with Gasteiger partial charge in [-0.3, -0.25) is 0 Å². The van der Waals surface area contributed by atoms with Crippen LogP contribution in [0.2, 0.25) is 0 Å². The maximum atomic E-state index is 2.44. The molecule has 0 spiro atoms. The fourth-order valence-electron chi connectivity index (χ4n) is 8.14. The second kappa shape index (κ2) is 42.5. The van der Waals surface area contributed by atoms with Gasteiger partial charge in [0.05, 0.1) is 0 Å². The van der Waals surface area contributed by atoms with Gasteiger partial charge >= 0.3 is 0 Å². The zero-order chi connectivity index (χ0) is 37.8. The zero-order valence-corrected chi connectivity index (χ0v) is 40.7. The third-order valence-corrected chi connectivity index (χ3v) is 18.6. The standard InChI is InChI=1S/2C24H51P.Ni/c2*1-7-13-16-22(10-4)19-25(20-23(11-5)17-14-8-2)21-24(12-6)18-15-9-3;/h2*22-24H,7-21H2,1-6H3;. The first-order chi connectivity index (χ1) is 24.3. The molecule has 51 heavy (non-hydrogen) atoms. The third kappa shape index (κ3) is 33.2. The maximum Gasteiger partial charge on any atom is 0 e. The summed E-state index contributed by atoms with van der Waals surface area (Å²) < 4.78 is 0. The van der Waals surface area contributed by atoms with Gasteiger partial charge < -0.3 is 0 Å². The summed E-state index contributed by atoms with van der Waals surface area (Å²) in [7, 11) is 0.508. The van der Waals surface area contributed by atoms with Crippen LogP contribution >= 0.6 is 15.8 Å². The van der Waals surface area contributed by atoms with E-state index in [2.05, 4.69) is 83.1 Å². The Morgan fingerprint density at radius 3 is 0.490 bits per heavy atom. The third-order valence-electron chi connectivity index (χ3n) is 12.4. The van der Waals surface area contributed by atoms with Gasteiger partial charge in [-0.2, -0.15) is 0 Å². The Bertz CT molecular complexity index is 501. The summed E-state index contributed by atoms with van der Waals surface area (Å²) >= 11 is 0. The first-order valence-electron chi connectivity index (χ1n) is 23.7. The molecule has 0 rings (SSSR count). The van der Waals surface area contributed by atoms with Gasteiger partial charge in [-0.1, -0.05) is 237 Å². The summed E-state index contributed by atoms with van der Waals surface area (Å²) in [5.74, 6) is 6.07. The molecule has 3 heteroatoms. The van der Waals surface area contributed by atoms with E-state index in [1.807, 2.05) is 0 Å². The topological polar surface area (TPSA) is 0 Å². The second-order valence-electron chi connectivity index (χ2n) is 16.9. The van der Waals surface area contributed by atoms with E-state index < -0.39 is 0 Å². The van der Waals surface area contributed by atoms with E-state index in [0.717, 1.165) is 35.5 Å². The minimum atomic E-state index is 0. The molecule has 0 aliphatic carbocycles. The van der Waals surface area contributed by atoms with Crippen LogP contribution in [0.4, 0.5) is 0 Å². The Kier molecular flexibility index (Phi) is 47.2. The normalized spacial score (nSPS) is 16.2. The number of unbranched alkanes of at least 4 members (excludes halogenated alkanes) is 6. The molecule has 0 aromatic carbocycles. The smallest absolute Gasteiger partial charge is 0 e. The van der Waals surface area contributed by atoms with Crippen LogP contribution in [0.5, 0.6) is 0 Å². The Balaban J connectivity index is -0.000000886. The monoisotopic (exact) mass is 799 g/mol. The zero-order valence-electron chi connectivity index (χ0n) is 37.9. The van der Waals surface area contributed by atoms with Crippen LogP contribution < -0.4 is 0 Å². The maximum absolute atomic E-state index is 2.44. The van der Waals surface area contributed by atoms with E-state index in [9.17, 15) is 0 Å². The van der Waals surface area contributed by atoms with Gasteiger partial charge in [-0.25, -0.2) is 0 Å². The average molecular weight is 800 g/mol. The average Bonchev–Trinajstić information content (AvgIpc) is 3.14. The molecule has 0 fully saturated rings. The van der Waals surface area contributed by atoms with Crippen molar-refractivity contribution >= 4 is 15.8 Å². The van der Waals surface area contributed by atoms with E-state index in [-0.39, 0.29) is 32.3 Å². The molecule has 0 aromatic rings. The Hall–Kier alpha value is 1.35. The number of hydrogen-bond acceptors (Lipinski definition) is 0. The summed E-state index contributed by atoms with van der Waals surface area (Å²) in [5, 5.41) is 0. The first kappa shape index (κ1) is 56.7. The van der Waals surface area contributed by atoms with E-state index in [1.54, 1.807) is 37.0 Å². The molecule has 0 radical (unpaired) electrons. The number of hydrogen-bond donors (Lipinski definition) is 0. The SMILES string of the molecule is CCCCC(CC)CP(CC(CC)CCCC)CC(CC)CCCC.CCCCC(CC)CP(CC(CC)CCCC)CC(CC)CCCC.[Ni]. The Morgan fingerprint density at radius 2 is 0.392 bits per heavy atom. The molecule has 0 aromatic heterocycles. The van der Waals surface area contributed by atoms with Crippen LogP contribution in [0.15, 0.2) is 0 Å². The second-order valence-corrected chi connectivity index (χ2v) is 21.8. The quantitative estimate of drug-likeness (QED) is 0.0437. The van der Waals surface area contributed by atoms with Crippen LogP contribution in [0.25, 0.3) is 0 Å². The molecule has 0 saturated heterocycles. The molecule has 0 amide bonds. The van der Waals surface area contributed by atoms with E-state index in [1.165, 1.54) is 154 Å². The molecule has 6 atom stereocenters. The fourth-order valence-corrected chi connectivity index (χ4v) is 16.1. The Morgan fingerprint density at radius 1 is 0.255 bits per heavy atom. The molecule has 0 nitrogen and oxygen atoms in total. The van der Waals surface area contributed by atoms with Crippen LogP contribution in [-0.4, -0.2) is 37.0 Å². The summed E-state index contributed by atoms with van der Waals surface area (Å²) in [6.07, 6.45) is 43.8. The van der Waals surface area contributed by atoms with Crippen molar-refractivity contribution < 1.29 is 16.5 Å². The Labute approximate surface area is 340 Å². The fraction of sp³-hybridized carbons (Fsp3) is 1.00.